The van der Waals surface area contributed by atoms with Crippen LogP contribution < -0.4 is 5.73 Å². The lowest BCUT2D eigenvalue weighted by molar-refractivity contribution is -0.137. The van der Waals surface area contributed by atoms with Crippen molar-refractivity contribution in [3.8, 4) is 11.1 Å². The lowest BCUT2D eigenvalue weighted by Crippen LogP contribution is -2.05. The molecule has 6 heteroatoms. The Hall–Kier alpha value is -2.08. The fraction of sp³-hybridized carbons (Fsp3) is 0.154. The topological polar surface area (TPSA) is 59.1 Å². The second-order valence-corrected chi connectivity index (χ2v) is 4.00. The van der Waals surface area contributed by atoms with E-state index in [-0.39, 0.29) is 12.4 Å². The smallest absolute Gasteiger partial charge is 0.392 e. The molecule has 1 aromatic heterocycles. The van der Waals surface area contributed by atoms with Gasteiger partial charge in [0.2, 0.25) is 0 Å². The van der Waals surface area contributed by atoms with Gasteiger partial charge in [-0.1, -0.05) is 12.1 Å². The third-order valence-electron chi connectivity index (χ3n) is 2.68. The molecule has 0 aliphatic rings. The van der Waals surface area contributed by atoms with Crippen LogP contribution in [0.15, 0.2) is 36.5 Å². The molecule has 0 fully saturated rings. The Morgan fingerprint density at radius 1 is 1.21 bits per heavy atom. The van der Waals surface area contributed by atoms with Crippen LogP contribution in [0.3, 0.4) is 0 Å². The van der Waals surface area contributed by atoms with Crippen molar-refractivity contribution in [1.29, 1.82) is 0 Å². The third kappa shape index (κ3) is 2.85. The molecule has 19 heavy (non-hydrogen) atoms. The molecule has 0 bridgehead atoms. The summed E-state index contributed by atoms with van der Waals surface area (Å²) in [5, 5.41) is 9.23. The number of hydrogen-bond donors (Lipinski definition) is 2. The van der Waals surface area contributed by atoms with Gasteiger partial charge in [0, 0.05) is 11.8 Å². The largest absolute Gasteiger partial charge is 0.416 e. The minimum absolute atomic E-state index is 0.208. The van der Waals surface area contributed by atoms with Gasteiger partial charge >= 0.3 is 6.18 Å². The average Bonchev–Trinajstić information content (AvgIpc) is 2.37. The highest BCUT2D eigenvalue weighted by Crippen LogP contribution is 2.33. The molecule has 3 N–H and O–H groups in total. The van der Waals surface area contributed by atoms with Crippen molar-refractivity contribution in [3.63, 3.8) is 0 Å². The molecule has 1 aromatic carbocycles. The summed E-state index contributed by atoms with van der Waals surface area (Å²) in [6.45, 7) is -0.321. The van der Waals surface area contributed by atoms with Crippen molar-refractivity contribution in [2.75, 3.05) is 5.73 Å². The maximum atomic E-state index is 12.6. The van der Waals surface area contributed by atoms with Crippen molar-refractivity contribution >= 4 is 5.82 Å². The molecule has 3 nitrogen and oxygen atoms in total. The van der Waals surface area contributed by atoms with Crippen molar-refractivity contribution in [1.82, 2.24) is 4.98 Å². The molecular formula is C13H11F3N2O. The van der Waals surface area contributed by atoms with Gasteiger partial charge in [0.25, 0.3) is 0 Å². The van der Waals surface area contributed by atoms with E-state index in [1.807, 2.05) is 0 Å². The Labute approximate surface area is 107 Å². The normalized spacial score (nSPS) is 11.6. The van der Waals surface area contributed by atoms with Crippen molar-refractivity contribution in [3.05, 3.63) is 47.7 Å². The van der Waals surface area contributed by atoms with Gasteiger partial charge in [0.15, 0.2) is 0 Å². The van der Waals surface area contributed by atoms with Crippen LogP contribution >= 0.6 is 0 Å². The first-order valence-corrected chi connectivity index (χ1v) is 5.44. The number of nitrogens with two attached hydrogens (primary N) is 1. The van der Waals surface area contributed by atoms with Crippen LogP contribution in [0.1, 0.15) is 11.1 Å². The van der Waals surface area contributed by atoms with E-state index in [0.29, 0.717) is 16.7 Å². The molecule has 0 atom stereocenters. The van der Waals surface area contributed by atoms with E-state index in [0.717, 1.165) is 12.1 Å². The summed E-state index contributed by atoms with van der Waals surface area (Å²) in [5.74, 6) is 0.208. The highest BCUT2D eigenvalue weighted by molar-refractivity contribution is 5.68. The van der Waals surface area contributed by atoms with Gasteiger partial charge in [0.1, 0.15) is 5.82 Å². The molecule has 0 radical (unpaired) electrons. The number of benzene rings is 1. The molecule has 100 valence electrons. The number of hydrogen-bond acceptors (Lipinski definition) is 3. The lowest BCUT2D eigenvalue weighted by Gasteiger charge is -2.11. The SMILES string of the molecule is Nc1cc(CO)c(-c2cccc(C(F)(F)F)c2)cn1. The molecule has 1 heterocycles. The van der Waals surface area contributed by atoms with E-state index >= 15 is 0 Å². The number of aliphatic hydroxyl groups is 1. The predicted molar refractivity (Wildman–Crippen MR) is 65.0 cm³/mol. The summed E-state index contributed by atoms with van der Waals surface area (Å²) >= 11 is 0. The Morgan fingerprint density at radius 3 is 2.58 bits per heavy atom. The van der Waals surface area contributed by atoms with Gasteiger partial charge in [0.05, 0.1) is 12.2 Å². The van der Waals surface area contributed by atoms with Gasteiger partial charge in [-0.05, 0) is 29.3 Å². The van der Waals surface area contributed by atoms with E-state index in [1.54, 1.807) is 0 Å². The Bertz CT molecular complexity index is 597. The maximum Gasteiger partial charge on any atom is 0.416 e. The number of nitrogen functional groups attached to an aromatic ring is 1. The van der Waals surface area contributed by atoms with Gasteiger partial charge in [-0.25, -0.2) is 4.98 Å². The lowest BCUT2D eigenvalue weighted by atomic mass is 10.00. The first kappa shape index (κ1) is 13.4. The van der Waals surface area contributed by atoms with E-state index in [2.05, 4.69) is 4.98 Å². The van der Waals surface area contributed by atoms with Crippen LogP contribution in [0.5, 0.6) is 0 Å². The second kappa shape index (κ2) is 4.89. The van der Waals surface area contributed by atoms with E-state index in [4.69, 9.17) is 5.73 Å². The molecule has 0 spiro atoms. The van der Waals surface area contributed by atoms with Gasteiger partial charge in [-0.2, -0.15) is 13.2 Å². The number of anilines is 1. The van der Waals surface area contributed by atoms with Crippen LogP contribution in [0.25, 0.3) is 11.1 Å². The van der Waals surface area contributed by atoms with Crippen molar-refractivity contribution < 1.29 is 18.3 Å². The number of pyridine rings is 1. The van der Waals surface area contributed by atoms with Crippen LogP contribution in [-0.2, 0) is 12.8 Å². The first-order valence-electron chi connectivity index (χ1n) is 5.44. The van der Waals surface area contributed by atoms with E-state index < -0.39 is 11.7 Å². The van der Waals surface area contributed by atoms with Crippen LogP contribution in [-0.4, -0.2) is 10.1 Å². The third-order valence-corrected chi connectivity index (χ3v) is 2.68. The summed E-state index contributed by atoms with van der Waals surface area (Å²) in [6.07, 6.45) is -3.05. The number of halogens is 3. The van der Waals surface area contributed by atoms with Crippen LogP contribution in [0.2, 0.25) is 0 Å². The fourth-order valence-electron chi connectivity index (χ4n) is 1.77. The Balaban J connectivity index is 2.53. The molecular weight excluding hydrogens is 257 g/mol. The van der Waals surface area contributed by atoms with E-state index in [9.17, 15) is 18.3 Å². The van der Waals surface area contributed by atoms with Gasteiger partial charge in [-0.3, -0.25) is 0 Å². The predicted octanol–water partition coefficient (Wildman–Crippen LogP) is 2.84. The number of aromatic nitrogens is 1. The van der Waals surface area contributed by atoms with Gasteiger partial charge < -0.3 is 10.8 Å². The number of alkyl halides is 3. The minimum atomic E-state index is -4.41. The van der Waals surface area contributed by atoms with Gasteiger partial charge in [-0.15, -0.1) is 0 Å². The maximum absolute atomic E-state index is 12.6. The molecule has 0 saturated carbocycles. The highest BCUT2D eigenvalue weighted by Gasteiger charge is 2.30. The molecule has 2 rings (SSSR count). The number of rotatable bonds is 2. The van der Waals surface area contributed by atoms with Crippen LogP contribution in [0.4, 0.5) is 19.0 Å². The van der Waals surface area contributed by atoms with Crippen molar-refractivity contribution in [2.24, 2.45) is 0 Å². The minimum Gasteiger partial charge on any atom is -0.392 e. The second-order valence-electron chi connectivity index (χ2n) is 4.00. The fourth-order valence-corrected chi connectivity index (χ4v) is 1.77. The molecule has 0 aliphatic heterocycles. The standard InChI is InChI=1S/C13H11F3N2O/c14-13(15,16)10-3-1-2-8(4-10)11-6-18-12(17)5-9(11)7-19/h1-6,19H,7H2,(H2,17,18). The average molecular weight is 268 g/mol. The molecule has 0 saturated heterocycles. The summed E-state index contributed by atoms with van der Waals surface area (Å²) in [4.78, 5) is 3.84. The molecule has 0 aliphatic carbocycles. The Morgan fingerprint density at radius 2 is 1.95 bits per heavy atom. The quantitative estimate of drug-likeness (QED) is 0.880. The number of aliphatic hydroxyl groups excluding tert-OH is 1. The summed E-state index contributed by atoms with van der Waals surface area (Å²) < 4.78 is 37.9. The molecule has 0 amide bonds. The molecule has 2 aromatic rings. The zero-order valence-corrected chi connectivity index (χ0v) is 9.78. The van der Waals surface area contributed by atoms with E-state index in [1.165, 1.54) is 24.4 Å². The van der Waals surface area contributed by atoms with Crippen molar-refractivity contribution in [2.45, 2.75) is 12.8 Å². The van der Waals surface area contributed by atoms with Crippen LogP contribution in [0, 0.1) is 0 Å². The highest BCUT2D eigenvalue weighted by atomic mass is 19.4. The molecule has 0 unspecified atom stereocenters. The monoisotopic (exact) mass is 268 g/mol. The zero-order chi connectivity index (χ0) is 14.0. The Kier molecular flexibility index (Phi) is 3.44. The summed E-state index contributed by atoms with van der Waals surface area (Å²) in [7, 11) is 0. The first-order chi connectivity index (χ1) is 8.91. The zero-order valence-electron chi connectivity index (χ0n) is 9.78. The number of nitrogens with zero attached hydrogens (tertiary/aromatic N) is 1. The summed E-state index contributed by atoms with van der Waals surface area (Å²) in [6, 6.07) is 6.30. The summed E-state index contributed by atoms with van der Waals surface area (Å²) in [5.41, 5.74) is 5.94.